The summed E-state index contributed by atoms with van der Waals surface area (Å²) in [5.74, 6) is -0.493. The third-order valence-corrected chi connectivity index (χ3v) is 3.81. The quantitative estimate of drug-likeness (QED) is 0.873. The molecule has 0 aromatic heterocycles. The van der Waals surface area contributed by atoms with Gasteiger partial charge in [0.1, 0.15) is 5.82 Å². The van der Waals surface area contributed by atoms with E-state index < -0.39 is 21.9 Å². The lowest BCUT2D eigenvalue weighted by Gasteiger charge is -2.13. The van der Waals surface area contributed by atoms with E-state index in [1.807, 2.05) is 6.07 Å². The van der Waals surface area contributed by atoms with Crippen LogP contribution >= 0.6 is 0 Å². The summed E-state index contributed by atoms with van der Waals surface area (Å²) >= 11 is 0. The van der Waals surface area contributed by atoms with Crippen LogP contribution in [0.1, 0.15) is 19.8 Å². The fraction of sp³-hybridized carbons (Fsp3) is 0.364. The largest absolute Gasteiger partial charge is 0.240 e. The van der Waals surface area contributed by atoms with Crippen LogP contribution < -0.4 is 4.72 Å². The Labute approximate surface area is 100 Å². The highest BCUT2D eigenvalue weighted by molar-refractivity contribution is 7.89. The van der Waals surface area contributed by atoms with Gasteiger partial charge in [0, 0.05) is 6.04 Å². The van der Waals surface area contributed by atoms with Crippen LogP contribution in [0.5, 0.6) is 0 Å². The van der Waals surface area contributed by atoms with Gasteiger partial charge < -0.3 is 0 Å². The number of rotatable bonds is 5. The molecule has 17 heavy (non-hydrogen) atoms. The normalized spacial score (nSPS) is 13.0. The molecule has 1 aromatic rings. The second-order valence-electron chi connectivity index (χ2n) is 3.54. The van der Waals surface area contributed by atoms with Crippen LogP contribution in [0.25, 0.3) is 0 Å². The van der Waals surface area contributed by atoms with Gasteiger partial charge in [-0.3, -0.25) is 0 Å². The summed E-state index contributed by atoms with van der Waals surface area (Å²) in [5, 5.41) is 8.54. The highest BCUT2D eigenvalue weighted by atomic mass is 32.2. The van der Waals surface area contributed by atoms with E-state index in [2.05, 4.69) is 4.72 Å². The Morgan fingerprint density at radius 3 is 2.47 bits per heavy atom. The summed E-state index contributed by atoms with van der Waals surface area (Å²) in [6.45, 7) is 1.79. The predicted molar refractivity (Wildman–Crippen MR) is 61.0 cm³/mol. The van der Waals surface area contributed by atoms with Crippen molar-refractivity contribution < 1.29 is 12.8 Å². The highest BCUT2D eigenvalue weighted by Gasteiger charge is 2.18. The minimum absolute atomic E-state index is 0.00436. The molecule has 0 spiro atoms. The van der Waals surface area contributed by atoms with E-state index >= 15 is 0 Å². The molecule has 0 aliphatic carbocycles. The molecule has 0 heterocycles. The lowest BCUT2D eigenvalue weighted by atomic mass is 10.2. The van der Waals surface area contributed by atoms with E-state index in [0.717, 1.165) is 12.1 Å². The number of nitrogens with zero attached hydrogens (tertiary/aromatic N) is 1. The van der Waals surface area contributed by atoms with Crippen LogP contribution in [0, 0.1) is 17.1 Å². The Morgan fingerprint density at radius 2 is 2.00 bits per heavy atom. The summed E-state index contributed by atoms with van der Waals surface area (Å²) in [5.41, 5.74) is 0. The van der Waals surface area contributed by atoms with Crippen LogP contribution in [0.2, 0.25) is 0 Å². The molecule has 6 heteroatoms. The van der Waals surface area contributed by atoms with Crippen molar-refractivity contribution in [3.05, 3.63) is 30.1 Å². The van der Waals surface area contributed by atoms with Crippen LogP contribution in [-0.2, 0) is 10.0 Å². The van der Waals surface area contributed by atoms with E-state index in [4.69, 9.17) is 5.26 Å². The third kappa shape index (κ3) is 3.80. The standard InChI is InChI=1S/C11H13FN2O2S/c1-2-10(7-8-13)14-17(15,16)11-5-3-9(12)4-6-11/h3-6,10,14H,2,7H2,1H3. The zero-order valence-electron chi connectivity index (χ0n) is 9.35. The third-order valence-electron chi connectivity index (χ3n) is 2.28. The van der Waals surface area contributed by atoms with Crippen LogP contribution in [0.15, 0.2) is 29.2 Å². The maximum Gasteiger partial charge on any atom is 0.240 e. The minimum atomic E-state index is -3.68. The monoisotopic (exact) mass is 256 g/mol. The lowest BCUT2D eigenvalue weighted by molar-refractivity contribution is 0.542. The number of hydrogen-bond acceptors (Lipinski definition) is 3. The molecule has 92 valence electrons. The molecule has 0 amide bonds. The molecular formula is C11H13FN2O2S. The molecule has 0 saturated carbocycles. The number of nitriles is 1. The Kier molecular flexibility index (Phi) is 4.61. The van der Waals surface area contributed by atoms with E-state index in [9.17, 15) is 12.8 Å². The van der Waals surface area contributed by atoms with Crippen molar-refractivity contribution in [2.75, 3.05) is 0 Å². The van der Waals surface area contributed by atoms with Crippen molar-refractivity contribution in [3.8, 4) is 6.07 Å². The molecular weight excluding hydrogens is 243 g/mol. The van der Waals surface area contributed by atoms with Gasteiger partial charge in [-0.1, -0.05) is 6.92 Å². The fourth-order valence-electron chi connectivity index (χ4n) is 1.28. The molecule has 0 fully saturated rings. The first kappa shape index (κ1) is 13.6. The van der Waals surface area contributed by atoms with Gasteiger partial charge in [0.2, 0.25) is 10.0 Å². The van der Waals surface area contributed by atoms with Gasteiger partial charge in [-0.2, -0.15) is 5.26 Å². The van der Waals surface area contributed by atoms with Crippen molar-refractivity contribution in [1.29, 1.82) is 5.26 Å². The Hall–Kier alpha value is -1.45. The van der Waals surface area contributed by atoms with Gasteiger partial charge in [-0.15, -0.1) is 0 Å². The second-order valence-corrected chi connectivity index (χ2v) is 5.26. The highest BCUT2D eigenvalue weighted by Crippen LogP contribution is 2.11. The predicted octanol–water partition coefficient (Wildman–Crippen LogP) is 1.80. The zero-order chi connectivity index (χ0) is 12.9. The first-order valence-corrected chi connectivity index (χ1v) is 6.62. The molecule has 0 bridgehead atoms. The summed E-state index contributed by atoms with van der Waals surface area (Å²) < 4.78 is 38.8. The second kappa shape index (κ2) is 5.75. The first-order valence-electron chi connectivity index (χ1n) is 5.14. The van der Waals surface area contributed by atoms with Gasteiger partial charge >= 0.3 is 0 Å². The fourth-order valence-corrected chi connectivity index (χ4v) is 2.60. The summed E-state index contributed by atoms with van der Waals surface area (Å²) in [7, 11) is -3.68. The van der Waals surface area contributed by atoms with E-state index in [-0.39, 0.29) is 11.3 Å². The Bertz CT molecular complexity index is 505. The van der Waals surface area contributed by atoms with E-state index in [1.165, 1.54) is 12.1 Å². The number of sulfonamides is 1. The first-order chi connectivity index (χ1) is 7.99. The van der Waals surface area contributed by atoms with Gasteiger partial charge in [-0.25, -0.2) is 17.5 Å². The average molecular weight is 256 g/mol. The summed E-state index contributed by atoms with van der Waals surface area (Å²) in [4.78, 5) is -0.00436. The Morgan fingerprint density at radius 1 is 1.41 bits per heavy atom. The van der Waals surface area contributed by atoms with Crippen molar-refractivity contribution in [2.45, 2.75) is 30.7 Å². The average Bonchev–Trinajstić information content (AvgIpc) is 2.28. The maximum atomic E-state index is 12.7. The van der Waals surface area contributed by atoms with Crippen LogP contribution in [0.3, 0.4) is 0 Å². The molecule has 1 aromatic carbocycles. The zero-order valence-corrected chi connectivity index (χ0v) is 10.2. The van der Waals surface area contributed by atoms with Crippen LogP contribution in [0.4, 0.5) is 4.39 Å². The van der Waals surface area contributed by atoms with E-state index in [0.29, 0.717) is 6.42 Å². The van der Waals surface area contributed by atoms with Gasteiger partial charge in [0.25, 0.3) is 0 Å². The van der Waals surface area contributed by atoms with Crippen molar-refractivity contribution in [2.24, 2.45) is 0 Å². The molecule has 0 radical (unpaired) electrons. The van der Waals surface area contributed by atoms with E-state index in [1.54, 1.807) is 6.92 Å². The van der Waals surface area contributed by atoms with Crippen molar-refractivity contribution >= 4 is 10.0 Å². The molecule has 1 rings (SSSR count). The minimum Gasteiger partial charge on any atom is -0.207 e. The molecule has 1 unspecified atom stereocenters. The summed E-state index contributed by atoms with van der Waals surface area (Å²) in [6.07, 6.45) is 0.630. The molecule has 0 aliphatic heterocycles. The van der Waals surface area contributed by atoms with Gasteiger partial charge in [-0.05, 0) is 30.7 Å². The van der Waals surface area contributed by atoms with Crippen molar-refractivity contribution in [1.82, 2.24) is 4.72 Å². The van der Waals surface area contributed by atoms with Crippen molar-refractivity contribution in [3.63, 3.8) is 0 Å². The Balaban J connectivity index is 2.89. The number of nitrogens with one attached hydrogen (secondary N) is 1. The number of benzene rings is 1. The SMILES string of the molecule is CCC(CC#N)NS(=O)(=O)c1ccc(F)cc1. The lowest BCUT2D eigenvalue weighted by Crippen LogP contribution is -2.34. The summed E-state index contributed by atoms with van der Waals surface area (Å²) in [6, 6.07) is 6.04. The number of halogens is 1. The number of hydrogen-bond donors (Lipinski definition) is 1. The maximum absolute atomic E-state index is 12.7. The van der Waals surface area contributed by atoms with Gasteiger partial charge in [0.05, 0.1) is 17.4 Å². The topological polar surface area (TPSA) is 70.0 Å². The molecule has 1 atom stereocenters. The smallest absolute Gasteiger partial charge is 0.207 e. The molecule has 1 N–H and O–H groups in total. The molecule has 4 nitrogen and oxygen atoms in total. The molecule has 0 aliphatic rings. The van der Waals surface area contributed by atoms with Crippen LogP contribution in [-0.4, -0.2) is 14.5 Å². The van der Waals surface area contributed by atoms with Gasteiger partial charge in [0.15, 0.2) is 0 Å². The molecule has 0 saturated heterocycles.